The van der Waals surface area contributed by atoms with Gasteiger partial charge < -0.3 is 10.8 Å². The van der Waals surface area contributed by atoms with Crippen LogP contribution in [0.1, 0.15) is 74.7 Å². The maximum atomic E-state index is 13.7. The SMILES string of the molecule is C=Cc1sc(SCC(=O)C2CCC3C4CCC5=Cc6c(cnn6C(N)=NC)CC5(C)C4C(O)CC23C)nc1/C=C\C. The molecule has 7 nitrogen and oxygen atoms in total. The number of thiazole rings is 1. The third kappa shape index (κ3) is 4.50. The van der Waals surface area contributed by atoms with E-state index in [9.17, 15) is 9.90 Å². The van der Waals surface area contributed by atoms with Crippen LogP contribution in [-0.2, 0) is 11.2 Å². The summed E-state index contributed by atoms with van der Waals surface area (Å²) in [6.45, 7) is 10.5. The van der Waals surface area contributed by atoms with Crippen LogP contribution in [0, 0.1) is 34.5 Å². The van der Waals surface area contributed by atoms with E-state index in [4.69, 9.17) is 10.7 Å². The van der Waals surface area contributed by atoms with E-state index < -0.39 is 6.10 Å². The third-order valence-corrected chi connectivity index (χ3v) is 13.0. The summed E-state index contributed by atoms with van der Waals surface area (Å²) < 4.78 is 2.65. The van der Waals surface area contributed by atoms with Gasteiger partial charge in [-0.25, -0.2) is 9.67 Å². The molecule has 3 fully saturated rings. The summed E-state index contributed by atoms with van der Waals surface area (Å²) in [7, 11) is 1.68. The van der Waals surface area contributed by atoms with Crippen molar-refractivity contribution in [3.63, 3.8) is 0 Å². The maximum absolute atomic E-state index is 13.7. The van der Waals surface area contributed by atoms with E-state index in [0.717, 1.165) is 52.7 Å². The normalized spacial score (nSPS) is 34.5. The fourth-order valence-corrected chi connectivity index (χ4v) is 11.0. The van der Waals surface area contributed by atoms with Gasteiger partial charge in [0.05, 0.1) is 34.3 Å². The number of aromatic nitrogens is 3. The molecule has 0 aliphatic heterocycles. The molecule has 6 rings (SSSR count). The Kier molecular flexibility index (Phi) is 7.44. The number of hydrogen-bond acceptors (Lipinski definition) is 7. The molecule has 0 amide bonds. The first kappa shape index (κ1) is 28.6. The average molecular weight is 592 g/mol. The van der Waals surface area contributed by atoms with Gasteiger partial charge in [-0.1, -0.05) is 43.8 Å². The first-order valence-electron chi connectivity index (χ1n) is 14.7. The summed E-state index contributed by atoms with van der Waals surface area (Å²) in [5, 5.41) is 16.4. The minimum Gasteiger partial charge on any atom is -0.393 e. The average Bonchev–Trinajstić information content (AvgIpc) is 3.63. The first-order valence-corrected chi connectivity index (χ1v) is 16.5. The van der Waals surface area contributed by atoms with Crippen molar-refractivity contribution < 1.29 is 9.90 Å². The molecule has 7 unspecified atom stereocenters. The highest BCUT2D eigenvalue weighted by atomic mass is 32.2. The lowest BCUT2D eigenvalue weighted by atomic mass is 9.46. The molecule has 9 heteroatoms. The number of carbonyl (C=O) groups is 1. The van der Waals surface area contributed by atoms with E-state index in [1.54, 1.807) is 34.8 Å². The predicted molar refractivity (Wildman–Crippen MR) is 169 cm³/mol. The molecule has 4 aliphatic carbocycles. The van der Waals surface area contributed by atoms with Crippen LogP contribution in [-0.4, -0.2) is 50.5 Å². The molecule has 0 aromatic carbocycles. The minimum atomic E-state index is -0.438. The molecule has 41 heavy (non-hydrogen) atoms. The molecular weight excluding hydrogens is 551 g/mol. The Morgan fingerprint density at radius 2 is 2.17 bits per heavy atom. The second kappa shape index (κ2) is 10.7. The van der Waals surface area contributed by atoms with E-state index in [1.165, 1.54) is 11.1 Å². The Morgan fingerprint density at radius 1 is 1.37 bits per heavy atom. The molecule has 2 heterocycles. The van der Waals surface area contributed by atoms with Crippen molar-refractivity contribution in [2.24, 2.45) is 45.2 Å². The molecule has 3 saturated carbocycles. The summed E-state index contributed by atoms with van der Waals surface area (Å²) in [6.07, 6.45) is 15.1. The van der Waals surface area contributed by atoms with Crippen LogP contribution < -0.4 is 5.73 Å². The number of aliphatic hydroxyl groups is 1. The van der Waals surface area contributed by atoms with Crippen LogP contribution in [0.5, 0.6) is 0 Å². The quantitative estimate of drug-likeness (QED) is 0.245. The highest BCUT2D eigenvalue weighted by molar-refractivity contribution is 8.01. The molecule has 4 aliphatic rings. The van der Waals surface area contributed by atoms with E-state index in [-0.39, 0.29) is 22.7 Å². The molecule has 0 spiro atoms. The van der Waals surface area contributed by atoms with Crippen molar-refractivity contribution in [3.8, 4) is 0 Å². The lowest BCUT2D eigenvalue weighted by Crippen LogP contribution is -2.57. The van der Waals surface area contributed by atoms with Crippen molar-refractivity contribution >= 4 is 53.1 Å². The second-order valence-corrected chi connectivity index (χ2v) is 15.0. The zero-order valence-electron chi connectivity index (χ0n) is 24.5. The van der Waals surface area contributed by atoms with Gasteiger partial charge >= 0.3 is 0 Å². The van der Waals surface area contributed by atoms with Crippen LogP contribution in [0.3, 0.4) is 0 Å². The standard InChI is InChI=1S/C32H41N5O2S2/c1-6-8-23-27(7-2)41-30(36-23)40-17-26(39)22-12-11-21-20-10-9-19-13-24-18(16-35-37(24)29(33)34-5)14-31(19,3)28(20)25(38)15-32(21,22)4/h6-8,13,16,20-22,25,28,38H,2,9-12,14-15,17H2,1,3-5H3,(H2,33,34)/b8-6-. The predicted octanol–water partition coefficient (Wildman–Crippen LogP) is 5.94. The Hall–Kier alpha value is -2.49. The van der Waals surface area contributed by atoms with Crippen LogP contribution >= 0.6 is 23.1 Å². The number of nitrogens with zero attached hydrogens (tertiary/aromatic N) is 4. The minimum absolute atomic E-state index is 0.0123. The summed E-state index contributed by atoms with van der Waals surface area (Å²) in [5.74, 6) is 2.15. The molecule has 2 aromatic heterocycles. The van der Waals surface area contributed by atoms with Crippen LogP contribution in [0.2, 0.25) is 0 Å². The number of aliphatic imine (C=N–C) groups is 1. The van der Waals surface area contributed by atoms with Gasteiger partial charge in [0.1, 0.15) is 5.78 Å². The van der Waals surface area contributed by atoms with E-state index in [1.807, 2.05) is 31.3 Å². The molecule has 0 bridgehead atoms. The fraction of sp³-hybridized carbons (Fsp3) is 0.562. The summed E-state index contributed by atoms with van der Waals surface area (Å²) in [4.78, 5) is 23.6. The zero-order valence-corrected chi connectivity index (χ0v) is 26.1. The van der Waals surface area contributed by atoms with Crippen molar-refractivity contribution in [1.29, 1.82) is 0 Å². The van der Waals surface area contributed by atoms with E-state index in [0.29, 0.717) is 35.8 Å². The lowest BCUT2D eigenvalue weighted by molar-refractivity contribution is -0.140. The summed E-state index contributed by atoms with van der Waals surface area (Å²) >= 11 is 3.14. The largest absolute Gasteiger partial charge is 0.393 e. The number of allylic oxidation sites excluding steroid dienone is 2. The third-order valence-electron chi connectivity index (χ3n) is 10.8. The van der Waals surface area contributed by atoms with E-state index >= 15 is 0 Å². The highest BCUT2D eigenvalue weighted by Gasteiger charge is 2.63. The van der Waals surface area contributed by atoms with Crippen molar-refractivity contribution in [2.75, 3.05) is 12.8 Å². The van der Waals surface area contributed by atoms with Gasteiger partial charge in [-0.15, -0.1) is 11.3 Å². The van der Waals surface area contributed by atoms with Gasteiger partial charge in [-0.3, -0.25) is 9.79 Å². The number of fused-ring (bicyclic) bond motifs is 6. The molecule has 7 atom stereocenters. The molecule has 0 saturated heterocycles. The van der Waals surface area contributed by atoms with Crippen LogP contribution in [0.15, 0.2) is 33.8 Å². The fourth-order valence-electron chi connectivity index (χ4n) is 9.03. The lowest BCUT2D eigenvalue weighted by Gasteiger charge is -2.59. The molecule has 218 valence electrons. The van der Waals surface area contributed by atoms with Crippen molar-refractivity contribution in [2.45, 2.75) is 69.7 Å². The molecule has 2 aromatic rings. The summed E-state index contributed by atoms with van der Waals surface area (Å²) in [6, 6.07) is 0. The van der Waals surface area contributed by atoms with Gasteiger partial charge in [-0.2, -0.15) is 5.10 Å². The van der Waals surface area contributed by atoms with Gasteiger partial charge in [-0.05, 0) is 97.8 Å². The second-order valence-electron chi connectivity index (χ2n) is 12.7. The molecule has 3 N–H and O–H groups in total. The Labute approximate surface area is 251 Å². The van der Waals surface area contributed by atoms with E-state index in [2.05, 4.69) is 36.6 Å². The maximum Gasteiger partial charge on any atom is 0.216 e. The van der Waals surface area contributed by atoms with Gasteiger partial charge in [0, 0.05) is 13.0 Å². The number of carbonyl (C=O) groups excluding carboxylic acids is 1. The number of hydrogen-bond donors (Lipinski definition) is 2. The smallest absolute Gasteiger partial charge is 0.216 e. The van der Waals surface area contributed by atoms with Crippen molar-refractivity contribution in [1.82, 2.24) is 14.8 Å². The topological polar surface area (TPSA) is 106 Å². The Balaban J connectivity index is 1.21. The number of thioether (sulfide) groups is 1. The number of rotatable bonds is 6. The van der Waals surface area contributed by atoms with Gasteiger partial charge in [0.25, 0.3) is 0 Å². The van der Waals surface area contributed by atoms with Crippen molar-refractivity contribution in [3.05, 3.63) is 46.3 Å². The Bertz CT molecular complexity index is 1470. The van der Waals surface area contributed by atoms with Gasteiger partial charge in [0.15, 0.2) is 4.34 Å². The first-order chi connectivity index (χ1) is 19.6. The number of nitrogens with two attached hydrogens (primary N) is 1. The molecule has 0 radical (unpaired) electrons. The Morgan fingerprint density at radius 3 is 2.90 bits per heavy atom. The van der Waals surface area contributed by atoms with Gasteiger partial charge in [0.2, 0.25) is 5.96 Å². The monoisotopic (exact) mass is 591 g/mol. The summed E-state index contributed by atoms with van der Waals surface area (Å²) in [5.41, 5.74) is 10.3. The molecular formula is C32H41N5O2S2. The zero-order chi connectivity index (χ0) is 29.1. The number of ketones is 1. The highest BCUT2D eigenvalue weighted by Crippen LogP contribution is 2.66. The van der Waals surface area contributed by atoms with Crippen LogP contribution in [0.4, 0.5) is 0 Å². The number of aliphatic hydroxyl groups excluding tert-OH is 1. The van der Waals surface area contributed by atoms with Crippen LogP contribution in [0.25, 0.3) is 18.2 Å². The number of Topliss-reactive ketones (excluding diaryl/α,β-unsaturated/α-hetero) is 1.